The normalized spacial score (nSPS) is 10.9. The number of aromatic nitrogens is 5. The van der Waals surface area contributed by atoms with Gasteiger partial charge in [-0.2, -0.15) is 0 Å². The lowest BCUT2D eigenvalue weighted by Gasteiger charge is -1.95. The van der Waals surface area contributed by atoms with Crippen molar-refractivity contribution in [2.24, 2.45) is 0 Å². The predicted octanol–water partition coefficient (Wildman–Crippen LogP) is 4.58. The van der Waals surface area contributed by atoms with Crippen LogP contribution in [-0.2, 0) is 5.75 Å². The highest BCUT2D eigenvalue weighted by Crippen LogP contribution is 2.25. The monoisotopic (exact) mass is 413 g/mol. The standard InChI is InChI=1S/C17H12BrN5OS/c18-13-8-4-7-12(9-13)16-22-20-14(24-16)10-25-17-19-15(21-23-17)11-5-2-1-3-6-11/h1-9H,10H2,(H,19,21,23). The molecule has 1 N–H and O–H groups in total. The molecule has 0 saturated heterocycles. The number of hydrogen-bond donors (Lipinski definition) is 1. The SMILES string of the molecule is Brc1cccc(-c2nnc(CSc3n[nH]c(-c4ccccc4)n3)o2)c1. The molecule has 0 spiro atoms. The zero-order valence-corrected chi connectivity index (χ0v) is 15.3. The Kier molecular flexibility index (Phi) is 4.62. The first-order chi connectivity index (χ1) is 12.3. The summed E-state index contributed by atoms with van der Waals surface area (Å²) >= 11 is 4.88. The van der Waals surface area contributed by atoms with Gasteiger partial charge in [0.15, 0.2) is 5.82 Å². The molecule has 0 aliphatic rings. The zero-order valence-electron chi connectivity index (χ0n) is 12.9. The topological polar surface area (TPSA) is 80.5 Å². The first-order valence-corrected chi connectivity index (χ1v) is 9.25. The van der Waals surface area contributed by atoms with E-state index < -0.39 is 0 Å². The number of H-pyrrole nitrogens is 1. The average molecular weight is 414 g/mol. The van der Waals surface area contributed by atoms with Crippen molar-refractivity contribution in [3.63, 3.8) is 0 Å². The Balaban J connectivity index is 1.43. The van der Waals surface area contributed by atoms with Crippen LogP contribution in [0.5, 0.6) is 0 Å². The van der Waals surface area contributed by atoms with E-state index in [1.165, 1.54) is 11.8 Å². The third kappa shape index (κ3) is 3.80. The van der Waals surface area contributed by atoms with E-state index in [1.807, 2.05) is 54.6 Å². The van der Waals surface area contributed by atoms with Gasteiger partial charge < -0.3 is 4.42 Å². The van der Waals surface area contributed by atoms with Crippen molar-refractivity contribution < 1.29 is 4.42 Å². The number of rotatable bonds is 5. The minimum atomic E-state index is 0.497. The van der Waals surface area contributed by atoms with Crippen LogP contribution >= 0.6 is 27.7 Å². The molecule has 4 rings (SSSR count). The largest absolute Gasteiger partial charge is 0.420 e. The fraction of sp³-hybridized carbons (Fsp3) is 0.0588. The molecule has 6 nitrogen and oxygen atoms in total. The Morgan fingerprint density at radius 1 is 1.00 bits per heavy atom. The number of thioether (sulfide) groups is 1. The maximum absolute atomic E-state index is 5.71. The average Bonchev–Trinajstić information content (AvgIpc) is 3.30. The quantitative estimate of drug-likeness (QED) is 0.482. The van der Waals surface area contributed by atoms with E-state index in [2.05, 4.69) is 41.3 Å². The van der Waals surface area contributed by atoms with E-state index in [4.69, 9.17) is 4.42 Å². The molecular formula is C17H12BrN5OS. The van der Waals surface area contributed by atoms with Crippen LogP contribution in [0.15, 0.2) is 68.6 Å². The molecule has 0 saturated carbocycles. The minimum Gasteiger partial charge on any atom is -0.420 e. The summed E-state index contributed by atoms with van der Waals surface area (Å²) in [5, 5.41) is 16.0. The molecule has 0 atom stereocenters. The summed E-state index contributed by atoms with van der Waals surface area (Å²) in [7, 11) is 0. The zero-order chi connectivity index (χ0) is 17.1. The van der Waals surface area contributed by atoms with Crippen molar-refractivity contribution in [3.8, 4) is 22.8 Å². The summed E-state index contributed by atoms with van der Waals surface area (Å²) in [5.74, 6) is 2.28. The molecule has 2 aromatic heterocycles. The molecule has 0 aliphatic heterocycles. The van der Waals surface area contributed by atoms with E-state index in [9.17, 15) is 0 Å². The molecule has 2 aromatic carbocycles. The van der Waals surface area contributed by atoms with Gasteiger partial charge in [0.2, 0.25) is 16.9 Å². The van der Waals surface area contributed by atoms with Gasteiger partial charge in [0.05, 0.1) is 5.75 Å². The molecule has 0 bridgehead atoms. The number of nitrogens with one attached hydrogen (secondary N) is 1. The Morgan fingerprint density at radius 3 is 2.68 bits per heavy atom. The summed E-state index contributed by atoms with van der Waals surface area (Å²) in [5.41, 5.74) is 1.87. The first kappa shape index (κ1) is 16.0. The fourth-order valence-corrected chi connectivity index (χ4v) is 3.25. The molecular weight excluding hydrogens is 402 g/mol. The molecule has 124 valence electrons. The lowest BCUT2D eigenvalue weighted by atomic mass is 10.2. The molecule has 8 heteroatoms. The van der Waals surface area contributed by atoms with Gasteiger partial charge in [-0.3, -0.25) is 5.10 Å². The highest BCUT2D eigenvalue weighted by atomic mass is 79.9. The molecule has 2 heterocycles. The predicted molar refractivity (Wildman–Crippen MR) is 98.8 cm³/mol. The molecule has 0 unspecified atom stereocenters. The summed E-state index contributed by atoms with van der Waals surface area (Å²) < 4.78 is 6.67. The Hall–Kier alpha value is -2.45. The van der Waals surface area contributed by atoms with Gasteiger partial charge in [-0.15, -0.1) is 15.3 Å². The van der Waals surface area contributed by atoms with Gasteiger partial charge in [-0.05, 0) is 18.2 Å². The van der Waals surface area contributed by atoms with Crippen LogP contribution in [-0.4, -0.2) is 25.4 Å². The van der Waals surface area contributed by atoms with E-state index in [1.54, 1.807) is 0 Å². The third-order valence-corrected chi connectivity index (χ3v) is 4.70. The van der Waals surface area contributed by atoms with Gasteiger partial charge >= 0.3 is 0 Å². The van der Waals surface area contributed by atoms with Crippen LogP contribution in [0.4, 0.5) is 0 Å². The minimum absolute atomic E-state index is 0.497. The number of halogens is 1. The number of nitrogens with zero attached hydrogens (tertiary/aromatic N) is 4. The van der Waals surface area contributed by atoms with Crippen LogP contribution in [0.25, 0.3) is 22.8 Å². The van der Waals surface area contributed by atoms with Gasteiger partial charge in [0, 0.05) is 15.6 Å². The van der Waals surface area contributed by atoms with Gasteiger partial charge in [0.25, 0.3) is 0 Å². The van der Waals surface area contributed by atoms with Crippen LogP contribution in [0.3, 0.4) is 0 Å². The smallest absolute Gasteiger partial charge is 0.247 e. The number of benzene rings is 2. The van der Waals surface area contributed by atoms with Crippen LogP contribution in [0.1, 0.15) is 5.89 Å². The lowest BCUT2D eigenvalue weighted by molar-refractivity contribution is 0.528. The maximum Gasteiger partial charge on any atom is 0.247 e. The summed E-state index contributed by atoms with van der Waals surface area (Å²) in [4.78, 5) is 4.47. The van der Waals surface area contributed by atoms with Crippen LogP contribution in [0, 0.1) is 0 Å². The molecule has 4 aromatic rings. The fourth-order valence-electron chi connectivity index (χ4n) is 2.21. The van der Waals surface area contributed by atoms with E-state index in [0.29, 0.717) is 22.7 Å². The molecule has 0 amide bonds. The second-order valence-corrected chi connectivity index (χ2v) is 6.99. The van der Waals surface area contributed by atoms with Gasteiger partial charge in [-0.25, -0.2) is 4.98 Å². The molecule has 25 heavy (non-hydrogen) atoms. The van der Waals surface area contributed by atoms with Crippen molar-refractivity contribution >= 4 is 27.7 Å². The van der Waals surface area contributed by atoms with Gasteiger partial charge in [-0.1, -0.05) is 64.1 Å². The Bertz CT molecular complexity index is 985. The van der Waals surface area contributed by atoms with E-state index in [0.717, 1.165) is 21.4 Å². The summed E-state index contributed by atoms with van der Waals surface area (Å²) in [6.45, 7) is 0. The maximum atomic E-state index is 5.71. The first-order valence-electron chi connectivity index (χ1n) is 7.47. The summed E-state index contributed by atoms with van der Waals surface area (Å²) in [6.07, 6.45) is 0. The lowest BCUT2D eigenvalue weighted by Crippen LogP contribution is -1.82. The Morgan fingerprint density at radius 2 is 1.84 bits per heavy atom. The highest BCUT2D eigenvalue weighted by molar-refractivity contribution is 9.10. The second kappa shape index (κ2) is 7.20. The number of hydrogen-bond acceptors (Lipinski definition) is 6. The van der Waals surface area contributed by atoms with Crippen molar-refractivity contribution in [1.82, 2.24) is 25.4 Å². The van der Waals surface area contributed by atoms with E-state index in [-0.39, 0.29) is 0 Å². The molecule has 0 fully saturated rings. The third-order valence-electron chi connectivity index (χ3n) is 3.38. The summed E-state index contributed by atoms with van der Waals surface area (Å²) in [6, 6.07) is 17.6. The van der Waals surface area contributed by atoms with E-state index >= 15 is 0 Å². The Labute approximate surface area is 156 Å². The van der Waals surface area contributed by atoms with Crippen molar-refractivity contribution in [3.05, 3.63) is 65.0 Å². The van der Waals surface area contributed by atoms with Crippen molar-refractivity contribution in [2.75, 3.05) is 0 Å². The molecule has 0 aliphatic carbocycles. The van der Waals surface area contributed by atoms with Crippen LogP contribution in [0.2, 0.25) is 0 Å². The second-order valence-electron chi connectivity index (χ2n) is 5.13. The van der Waals surface area contributed by atoms with Gasteiger partial charge in [0.1, 0.15) is 0 Å². The van der Waals surface area contributed by atoms with Crippen LogP contribution < -0.4 is 0 Å². The van der Waals surface area contributed by atoms with Crippen molar-refractivity contribution in [1.29, 1.82) is 0 Å². The highest BCUT2D eigenvalue weighted by Gasteiger charge is 2.11. The number of aromatic amines is 1. The van der Waals surface area contributed by atoms with Crippen molar-refractivity contribution in [2.45, 2.75) is 10.9 Å². The molecule has 0 radical (unpaired) electrons.